The summed E-state index contributed by atoms with van der Waals surface area (Å²) in [7, 11) is 0. The molecule has 0 spiro atoms. The predicted molar refractivity (Wildman–Crippen MR) is 40.0 cm³/mol. The predicted octanol–water partition coefficient (Wildman–Crippen LogP) is 1.32. The second kappa shape index (κ2) is 2.42. The first kappa shape index (κ1) is 7.85. The van der Waals surface area contributed by atoms with E-state index in [1.54, 1.807) is 13.8 Å². The summed E-state index contributed by atoms with van der Waals surface area (Å²) in [5.41, 5.74) is 0.139. The van der Waals surface area contributed by atoms with E-state index in [1.165, 1.54) is 0 Å². The van der Waals surface area contributed by atoms with Crippen LogP contribution in [0.1, 0.15) is 13.8 Å². The number of ether oxygens (including phenoxy) is 1. The number of allylic oxidation sites excluding steroid dienone is 2. The molecule has 0 unspecified atom stereocenters. The van der Waals surface area contributed by atoms with Gasteiger partial charge in [-0.1, -0.05) is 6.58 Å². The third-order valence-electron chi connectivity index (χ3n) is 1.33. The Hall–Kier alpha value is -1.25. The highest BCUT2D eigenvalue weighted by Crippen LogP contribution is 2.27. The summed E-state index contributed by atoms with van der Waals surface area (Å²) >= 11 is 0. The topological polar surface area (TPSA) is 46.5 Å². The number of ketones is 1. The molecule has 60 valence electrons. The van der Waals surface area contributed by atoms with Crippen molar-refractivity contribution in [2.24, 2.45) is 0 Å². The molecule has 1 N–H and O–H groups in total. The molecule has 0 aromatic carbocycles. The van der Waals surface area contributed by atoms with Crippen LogP contribution in [-0.2, 0) is 9.53 Å². The smallest absolute Gasteiger partial charge is 0.234 e. The van der Waals surface area contributed by atoms with Crippen LogP contribution in [0.5, 0.6) is 0 Å². The summed E-state index contributed by atoms with van der Waals surface area (Å²) in [6, 6.07) is 0. The van der Waals surface area contributed by atoms with Crippen LogP contribution in [0.15, 0.2) is 23.7 Å². The van der Waals surface area contributed by atoms with E-state index in [1.807, 2.05) is 0 Å². The van der Waals surface area contributed by atoms with E-state index in [0.29, 0.717) is 0 Å². The van der Waals surface area contributed by atoms with E-state index in [0.717, 1.165) is 0 Å². The Morgan fingerprint density at radius 3 is 2.45 bits per heavy atom. The van der Waals surface area contributed by atoms with Crippen molar-refractivity contribution >= 4 is 5.78 Å². The molecule has 11 heavy (non-hydrogen) atoms. The number of carbonyl (C=O) groups is 1. The molecule has 0 heterocycles. The van der Waals surface area contributed by atoms with E-state index < -0.39 is 0 Å². The maximum absolute atomic E-state index is 10.9. The molecule has 0 saturated carbocycles. The molecular weight excluding hydrogens is 144 g/mol. The van der Waals surface area contributed by atoms with Crippen molar-refractivity contribution in [3.05, 3.63) is 23.7 Å². The van der Waals surface area contributed by atoms with Crippen molar-refractivity contribution in [2.75, 3.05) is 0 Å². The van der Waals surface area contributed by atoms with E-state index >= 15 is 0 Å². The summed E-state index contributed by atoms with van der Waals surface area (Å²) in [4.78, 5) is 10.9. The summed E-state index contributed by atoms with van der Waals surface area (Å²) in [5.74, 6) is -0.357. The van der Waals surface area contributed by atoms with Gasteiger partial charge >= 0.3 is 0 Å². The number of aliphatic hydroxyl groups excluding tert-OH is 1. The highest BCUT2D eigenvalue weighted by Gasteiger charge is 2.34. The molecule has 0 fully saturated rings. The molecule has 0 amide bonds. The van der Waals surface area contributed by atoms with Crippen LogP contribution in [-0.4, -0.2) is 17.0 Å². The molecule has 3 nitrogen and oxygen atoms in total. The van der Waals surface area contributed by atoms with Gasteiger partial charge in [-0.05, 0) is 13.8 Å². The van der Waals surface area contributed by atoms with Gasteiger partial charge in [-0.15, -0.1) is 0 Å². The molecule has 0 radical (unpaired) electrons. The van der Waals surface area contributed by atoms with Gasteiger partial charge in [0.1, 0.15) is 0 Å². The lowest BCUT2D eigenvalue weighted by Crippen LogP contribution is -2.25. The minimum Gasteiger partial charge on any atom is -0.504 e. The molecule has 0 aromatic heterocycles. The average molecular weight is 154 g/mol. The Morgan fingerprint density at radius 2 is 2.09 bits per heavy atom. The number of aliphatic hydroxyl groups is 1. The van der Waals surface area contributed by atoms with Crippen LogP contribution in [0.2, 0.25) is 0 Å². The fraction of sp³-hybridized carbons (Fsp3) is 0.375. The summed E-state index contributed by atoms with van der Waals surface area (Å²) in [6.45, 7) is 6.92. The maximum Gasteiger partial charge on any atom is 0.234 e. The zero-order valence-electron chi connectivity index (χ0n) is 6.55. The zero-order chi connectivity index (χ0) is 8.59. The van der Waals surface area contributed by atoms with Crippen molar-refractivity contribution in [1.29, 1.82) is 0 Å². The standard InChI is InChI=1S/C8H10O3/c1-4(2)11-8-6(9)5(3)7(8)10/h4,9H,3H2,1-2H3. The summed E-state index contributed by atoms with van der Waals surface area (Å²) in [6.07, 6.45) is -0.0933. The Bertz CT molecular complexity index is 248. The van der Waals surface area contributed by atoms with Gasteiger partial charge in [-0.25, -0.2) is 0 Å². The molecule has 3 heteroatoms. The van der Waals surface area contributed by atoms with Crippen LogP contribution in [0.3, 0.4) is 0 Å². The lowest BCUT2D eigenvalue weighted by Gasteiger charge is -2.21. The van der Waals surface area contributed by atoms with E-state index in [9.17, 15) is 4.79 Å². The quantitative estimate of drug-likeness (QED) is 0.610. The first-order chi connectivity index (χ1) is 5.04. The fourth-order valence-electron chi connectivity index (χ4n) is 0.772. The van der Waals surface area contributed by atoms with Crippen LogP contribution in [0.25, 0.3) is 0 Å². The SMILES string of the molecule is C=C1C(=O)C(OC(C)C)=C1O. The average Bonchev–Trinajstić information content (AvgIpc) is 1.98. The van der Waals surface area contributed by atoms with Gasteiger partial charge in [-0.3, -0.25) is 4.79 Å². The Balaban J connectivity index is 2.75. The third kappa shape index (κ3) is 1.13. The van der Waals surface area contributed by atoms with Gasteiger partial charge in [0.05, 0.1) is 11.7 Å². The summed E-state index contributed by atoms with van der Waals surface area (Å²) < 4.78 is 5.00. The minimum atomic E-state index is -0.295. The van der Waals surface area contributed by atoms with Crippen LogP contribution >= 0.6 is 0 Å². The van der Waals surface area contributed by atoms with E-state index in [4.69, 9.17) is 9.84 Å². The van der Waals surface area contributed by atoms with E-state index in [2.05, 4.69) is 6.58 Å². The third-order valence-corrected chi connectivity index (χ3v) is 1.33. The van der Waals surface area contributed by atoms with Crippen molar-refractivity contribution in [3.8, 4) is 0 Å². The highest BCUT2D eigenvalue weighted by molar-refractivity contribution is 6.17. The van der Waals surface area contributed by atoms with Crippen molar-refractivity contribution < 1.29 is 14.6 Å². The molecule has 0 saturated heterocycles. The number of hydrogen-bond donors (Lipinski definition) is 1. The second-order valence-electron chi connectivity index (χ2n) is 2.65. The number of rotatable bonds is 2. The molecule has 0 aromatic rings. The van der Waals surface area contributed by atoms with Gasteiger partial charge in [0.2, 0.25) is 11.5 Å². The highest BCUT2D eigenvalue weighted by atomic mass is 16.5. The van der Waals surface area contributed by atoms with Crippen LogP contribution in [0.4, 0.5) is 0 Å². The maximum atomic E-state index is 10.9. The number of hydrogen-bond acceptors (Lipinski definition) is 3. The number of carbonyl (C=O) groups excluding carboxylic acids is 1. The molecule has 1 aliphatic rings. The van der Waals surface area contributed by atoms with Gasteiger partial charge in [0.25, 0.3) is 0 Å². The van der Waals surface area contributed by atoms with Crippen molar-refractivity contribution in [2.45, 2.75) is 20.0 Å². The van der Waals surface area contributed by atoms with E-state index in [-0.39, 0.29) is 29.0 Å². The number of Topliss-reactive ketones (excluding diaryl/α,β-unsaturated/α-hetero) is 1. The van der Waals surface area contributed by atoms with Crippen LogP contribution in [0, 0.1) is 0 Å². The zero-order valence-corrected chi connectivity index (χ0v) is 6.55. The normalized spacial score (nSPS) is 17.4. The van der Waals surface area contributed by atoms with Crippen molar-refractivity contribution in [1.82, 2.24) is 0 Å². The first-order valence-electron chi connectivity index (χ1n) is 3.38. The Labute approximate surface area is 65.0 Å². The van der Waals surface area contributed by atoms with Gasteiger partial charge in [-0.2, -0.15) is 0 Å². The molecule has 1 aliphatic carbocycles. The Kier molecular flexibility index (Phi) is 1.72. The Morgan fingerprint density at radius 1 is 1.55 bits per heavy atom. The second-order valence-corrected chi connectivity index (χ2v) is 2.65. The monoisotopic (exact) mass is 154 g/mol. The largest absolute Gasteiger partial charge is 0.504 e. The van der Waals surface area contributed by atoms with Gasteiger partial charge in [0.15, 0.2) is 5.76 Å². The lowest BCUT2D eigenvalue weighted by molar-refractivity contribution is -0.118. The summed E-state index contributed by atoms with van der Waals surface area (Å²) in [5, 5.41) is 9.03. The molecule has 0 bridgehead atoms. The molecular formula is C8H10O3. The van der Waals surface area contributed by atoms with Gasteiger partial charge in [0, 0.05) is 0 Å². The lowest BCUT2D eigenvalue weighted by atomic mass is 9.98. The minimum absolute atomic E-state index is 0.0463. The first-order valence-corrected chi connectivity index (χ1v) is 3.38. The van der Waals surface area contributed by atoms with Gasteiger partial charge < -0.3 is 9.84 Å². The molecule has 1 rings (SSSR count). The fourth-order valence-corrected chi connectivity index (χ4v) is 0.772. The van der Waals surface area contributed by atoms with Crippen LogP contribution < -0.4 is 0 Å². The molecule has 0 atom stereocenters. The molecule has 0 aliphatic heterocycles. The van der Waals surface area contributed by atoms with Crippen molar-refractivity contribution in [3.63, 3.8) is 0 Å².